The fourth-order valence-electron chi connectivity index (χ4n) is 9.94. The summed E-state index contributed by atoms with van der Waals surface area (Å²) in [5, 5.41) is 22.7. The number of amides is 2. The molecule has 3 aliphatic heterocycles. The number of hydrogen-bond acceptors (Lipinski definition) is 17. The summed E-state index contributed by atoms with van der Waals surface area (Å²) in [4.78, 5) is 43.5. The van der Waals surface area contributed by atoms with Crippen molar-refractivity contribution in [1.82, 2.24) is 30.6 Å². The van der Waals surface area contributed by atoms with Gasteiger partial charge in [0, 0.05) is 71.3 Å². The van der Waals surface area contributed by atoms with Crippen molar-refractivity contribution in [2.24, 2.45) is 11.8 Å². The molecule has 2 amide bonds. The lowest BCUT2D eigenvalue weighted by molar-refractivity contribution is -0.118. The Hall–Kier alpha value is -7.30. The zero-order valence-electron chi connectivity index (χ0n) is 43.7. The van der Waals surface area contributed by atoms with E-state index in [2.05, 4.69) is 50.0 Å². The highest BCUT2D eigenvalue weighted by atomic mass is 35.5. The Morgan fingerprint density at radius 3 is 1.67 bits per heavy atom. The Morgan fingerprint density at radius 1 is 0.658 bits per heavy atom. The molecule has 0 radical (unpaired) electrons. The molecule has 23 heteroatoms. The van der Waals surface area contributed by atoms with E-state index in [1.165, 1.54) is 39.5 Å². The molecule has 7 heterocycles. The van der Waals surface area contributed by atoms with Crippen LogP contribution in [0.5, 0.6) is 23.0 Å². The van der Waals surface area contributed by atoms with Gasteiger partial charge >= 0.3 is 0 Å². The molecule has 2 unspecified atom stereocenters. The van der Waals surface area contributed by atoms with Crippen LogP contribution >= 0.6 is 23.2 Å². The minimum Gasteiger partial charge on any atom is -0.495 e. The second-order valence-electron chi connectivity index (χ2n) is 19.8. The van der Waals surface area contributed by atoms with Gasteiger partial charge in [-0.15, -0.1) is 0 Å². The fourth-order valence-corrected chi connectivity index (χ4v) is 10.6. The van der Waals surface area contributed by atoms with Crippen molar-refractivity contribution in [3.8, 4) is 45.5 Å². The van der Waals surface area contributed by atoms with Crippen molar-refractivity contribution in [2.75, 3.05) is 95.3 Å². The van der Waals surface area contributed by atoms with Crippen molar-refractivity contribution >= 4 is 79.8 Å². The number of fused-ring (bicyclic) bond motifs is 2. The number of benzene rings is 2. The van der Waals surface area contributed by atoms with Gasteiger partial charge in [0.05, 0.1) is 105 Å². The summed E-state index contributed by atoms with van der Waals surface area (Å²) >= 11 is 13.8. The highest BCUT2D eigenvalue weighted by molar-refractivity contribution is 6.41. The van der Waals surface area contributed by atoms with E-state index >= 15 is 8.78 Å². The highest BCUT2D eigenvalue weighted by Crippen LogP contribution is 2.47. The van der Waals surface area contributed by atoms with E-state index in [0.717, 1.165) is 18.2 Å². The summed E-state index contributed by atoms with van der Waals surface area (Å²) in [5.74, 6) is 0.116. The van der Waals surface area contributed by atoms with Crippen molar-refractivity contribution in [2.45, 2.75) is 56.0 Å². The van der Waals surface area contributed by atoms with Crippen molar-refractivity contribution in [3.63, 3.8) is 0 Å². The maximum atomic E-state index is 16.9. The maximum Gasteiger partial charge on any atom is 0.243 e. The van der Waals surface area contributed by atoms with E-state index in [1.807, 2.05) is 18.2 Å². The average molecular weight is 1130 g/mol. The lowest BCUT2D eigenvalue weighted by Crippen LogP contribution is -2.45. The van der Waals surface area contributed by atoms with E-state index in [9.17, 15) is 9.59 Å². The van der Waals surface area contributed by atoms with Crippen LogP contribution in [0.3, 0.4) is 0 Å². The zero-order chi connectivity index (χ0) is 55.3. The number of pyridine rings is 4. The highest BCUT2D eigenvalue weighted by Gasteiger charge is 2.33. The number of anilines is 4. The third kappa shape index (κ3) is 12.3. The van der Waals surface area contributed by atoms with Crippen LogP contribution < -0.4 is 50.8 Å². The molecule has 0 spiro atoms. The first kappa shape index (κ1) is 55.0. The fraction of sp³-hybridized carbons (Fsp3) is 0.393. The van der Waals surface area contributed by atoms with Crippen LogP contribution in [0.15, 0.2) is 74.1 Å². The van der Waals surface area contributed by atoms with Crippen LogP contribution in [0, 0.1) is 23.5 Å². The monoisotopic (exact) mass is 1120 g/mol. The number of carbonyl (C=O) groups excluding carboxylic acids is 2. The molecule has 4 aromatic heterocycles. The Morgan fingerprint density at radius 2 is 1.15 bits per heavy atom. The molecular formula is C56H60Cl2F2N10O9. The summed E-state index contributed by atoms with van der Waals surface area (Å²) in [5.41, 5.74) is 0.414. The summed E-state index contributed by atoms with van der Waals surface area (Å²) in [7, 11) is 4.29. The Kier molecular flexibility index (Phi) is 17.0. The van der Waals surface area contributed by atoms with Gasteiger partial charge in [0.2, 0.25) is 11.8 Å². The molecule has 6 N–H and O–H groups in total. The number of nitrogens with zero attached hydrogens (tertiary/aromatic N) is 4. The standard InChI is InChI=1S/C56H60Cl2F2N10O9/c1-6-47(71)67-39-26-76-24-37(39)65-45-15-33-30(21-61-45)13-35(49-51(57)41(73-3)17-42(74-4)52(49)58)69-56(33)64-20-29-10-11-78-32(12-29)23-79-44-18-43(75-5)53(59)50(54(44)60)36-14-31-22-62-46(16-34(31)55(70-36)63-19-28-8-9-28)66-38-25-77-27-40(38)68-48(72)7-2/h6-7,13-18,21-22,28-29,32,37-40H,1-2,8-12,19-20,23-27H2,3-5H3,(H,61,65)(H,62,66)(H,63,70)(H,64,69)(H,67,71)(H,68,72)/t29?,32?,37-,38-,39+,40+/m1/s1. The second kappa shape index (κ2) is 24.4. The molecular weight excluding hydrogens is 1070 g/mol. The number of rotatable bonds is 22. The molecule has 4 aliphatic rings. The minimum atomic E-state index is -0.958. The number of aromatic nitrogens is 4. The maximum absolute atomic E-state index is 16.9. The third-order valence-corrected chi connectivity index (χ3v) is 15.2. The van der Waals surface area contributed by atoms with Crippen LogP contribution in [0.1, 0.15) is 25.7 Å². The number of halogens is 4. The number of ether oxygens (including phenoxy) is 7. The van der Waals surface area contributed by atoms with Gasteiger partial charge in [-0.25, -0.2) is 28.7 Å². The second-order valence-corrected chi connectivity index (χ2v) is 20.5. The molecule has 3 saturated heterocycles. The van der Waals surface area contributed by atoms with E-state index in [-0.39, 0.29) is 75.7 Å². The van der Waals surface area contributed by atoms with Crippen LogP contribution in [0.25, 0.3) is 44.1 Å². The first-order chi connectivity index (χ1) is 38.3. The van der Waals surface area contributed by atoms with Crippen LogP contribution in [0.2, 0.25) is 10.0 Å². The summed E-state index contributed by atoms with van der Waals surface area (Å²) in [6.07, 6.45) is 8.59. The lowest BCUT2D eigenvalue weighted by atomic mass is 9.95. The van der Waals surface area contributed by atoms with Crippen LogP contribution in [0.4, 0.5) is 32.1 Å². The molecule has 10 rings (SSSR count). The molecule has 6 atom stereocenters. The number of methoxy groups -OCH3 is 3. The SMILES string of the molecule is C=CC(=O)N[C@H]1COC[C@H]1Nc1cc2c(NCC3CC3)nc(-c3c(F)c(OC)cc(OCC4CC(CNc5nc(-c6c(Cl)c(OC)cc(OC)c6Cl)cc6cnc(N[C@@H]7COC[C@@H]7NC(=O)C=C)cc56)CCO4)c3F)cc2cn1. The first-order valence-electron chi connectivity index (χ1n) is 25.9. The van der Waals surface area contributed by atoms with Gasteiger partial charge in [0.15, 0.2) is 23.1 Å². The predicted octanol–water partition coefficient (Wildman–Crippen LogP) is 8.59. The topological polar surface area (TPSA) is 222 Å². The van der Waals surface area contributed by atoms with Crippen molar-refractivity contribution in [1.29, 1.82) is 0 Å². The van der Waals surface area contributed by atoms with Crippen LogP contribution in [-0.2, 0) is 23.8 Å². The molecule has 416 valence electrons. The Labute approximate surface area is 464 Å². The first-order valence-corrected chi connectivity index (χ1v) is 26.6. The molecule has 4 fully saturated rings. The van der Waals surface area contributed by atoms with Gasteiger partial charge in [0.25, 0.3) is 0 Å². The lowest BCUT2D eigenvalue weighted by Gasteiger charge is -2.30. The number of nitrogens with one attached hydrogen (secondary N) is 6. The van der Waals surface area contributed by atoms with Crippen molar-refractivity contribution < 1.29 is 51.5 Å². The minimum absolute atomic E-state index is 0.0104. The average Bonchev–Trinajstić information content (AvgIpc) is 4.09. The molecule has 79 heavy (non-hydrogen) atoms. The molecule has 1 aliphatic carbocycles. The molecule has 1 saturated carbocycles. The summed E-state index contributed by atoms with van der Waals surface area (Å²) < 4.78 is 73.7. The van der Waals surface area contributed by atoms with E-state index < -0.39 is 23.3 Å². The number of carbonyl (C=O) groups is 2. The largest absolute Gasteiger partial charge is 0.495 e. The van der Waals surface area contributed by atoms with Gasteiger partial charge in [-0.2, -0.15) is 0 Å². The van der Waals surface area contributed by atoms with Crippen LogP contribution in [-0.4, -0.2) is 136 Å². The zero-order valence-corrected chi connectivity index (χ0v) is 45.2. The molecule has 19 nitrogen and oxygen atoms in total. The van der Waals surface area contributed by atoms with E-state index in [0.29, 0.717) is 127 Å². The normalized spacial score (nSPS) is 20.8. The predicted molar refractivity (Wildman–Crippen MR) is 298 cm³/mol. The molecule has 2 aromatic carbocycles. The van der Waals surface area contributed by atoms with Gasteiger partial charge in [-0.1, -0.05) is 36.4 Å². The van der Waals surface area contributed by atoms with Gasteiger partial charge in [0.1, 0.15) is 41.4 Å². The van der Waals surface area contributed by atoms with Crippen molar-refractivity contribution in [3.05, 3.63) is 95.8 Å². The van der Waals surface area contributed by atoms with Gasteiger partial charge < -0.3 is 65.1 Å². The Balaban J connectivity index is 0.885. The summed E-state index contributed by atoms with van der Waals surface area (Å²) in [6.45, 7) is 9.81. The Bertz CT molecular complexity index is 3270. The summed E-state index contributed by atoms with van der Waals surface area (Å²) in [6, 6.07) is 8.72. The van der Waals surface area contributed by atoms with E-state index in [1.54, 1.807) is 24.5 Å². The molecule has 0 bridgehead atoms. The third-order valence-electron chi connectivity index (χ3n) is 14.4. The smallest absolute Gasteiger partial charge is 0.243 e. The van der Waals surface area contributed by atoms with Gasteiger partial charge in [-0.3, -0.25) is 9.59 Å². The quantitative estimate of drug-likeness (QED) is 0.0350. The van der Waals surface area contributed by atoms with E-state index in [4.69, 9.17) is 71.3 Å². The molecule has 6 aromatic rings. The van der Waals surface area contributed by atoms with Gasteiger partial charge in [-0.05, 0) is 73.9 Å². The number of hydrogen-bond donors (Lipinski definition) is 6.